The zero-order chi connectivity index (χ0) is 25.7. The van der Waals surface area contributed by atoms with E-state index in [2.05, 4.69) is 0 Å². The van der Waals surface area contributed by atoms with Crippen LogP contribution in [0.1, 0.15) is 39.1 Å². The number of halogens is 3. The van der Waals surface area contributed by atoms with Gasteiger partial charge >= 0.3 is 17.9 Å². The first-order valence-corrected chi connectivity index (χ1v) is 10.4. The van der Waals surface area contributed by atoms with E-state index in [1.54, 1.807) is 0 Å². The number of allylic oxidation sites excluding steroid dienone is 2. The fourth-order valence-electron chi connectivity index (χ4n) is 4.38. The summed E-state index contributed by atoms with van der Waals surface area (Å²) < 4.78 is 57.6. The van der Waals surface area contributed by atoms with Gasteiger partial charge in [0.05, 0.1) is 19.3 Å². The molecule has 35 heavy (non-hydrogen) atoms. The lowest BCUT2D eigenvalue weighted by Crippen LogP contribution is -2.61. The van der Waals surface area contributed by atoms with Gasteiger partial charge in [-0.15, -0.1) is 0 Å². The molecule has 1 heterocycles. The number of hydrogen-bond acceptors (Lipinski definition) is 8. The molecule has 4 rings (SSSR count). The second-order valence-corrected chi connectivity index (χ2v) is 7.88. The maximum Gasteiger partial charge on any atom is 0.456 e. The number of carbonyl (C=O) groups is 3. The average Bonchev–Trinajstić information content (AvgIpc) is 2.81. The van der Waals surface area contributed by atoms with Crippen LogP contribution in [0.4, 0.5) is 13.2 Å². The first-order valence-electron chi connectivity index (χ1n) is 10.4. The van der Waals surface area contributed by atoms with E-state index in [0.29, 0.717) is 0 Å². The van der Waals surface area contributed by atoms with Crippen LogP contribution in [0.2, 0.25) is 0 Å². The molecule has 0 fully saturated rings. The number of ketones is 2. The smallest absolute Gasteiger partial charge is 0.456 e. The van der Waals surface area contributed by atoms with Crippen LogP contribution in [0.25, 0.3) is 0 Å². The summed E-state index contributed by atoms with van der Waals surface area (Å²) in [7, 11) is 1.19. The van der Waals surface area contributed by atoms with E-state index in [1.165, 1.54) is 38.3 Å². The number of phenols is 1. The number of fused-ring (bicyclic) bond motifs is 1. The van der Waals surface area contributed by atoms with Gasteiger partial charge in [-0.25, -0.2) is 0 Å². The van der Waals surface area contributed by atoms with Gasteiger partial charge in [0.2, 0.25) is 5.78 Å². The van der Waals surface area contributed by atoms with Crippen LogP contribution in [0, 0.1) is 5.92 Å². The molecular weight excluding hydrogens is 473 g/mol. The number of phenolic OH excluding ortho intramolecular Hbond substituents is 1. The predicted octanol–water partition coefficient (Wildman–Crippen LogP) is 3.28. The van der Waals surface area contributed by atoms with E-state index >= 15 is 0 Å². The molecule has 0 unspecified atom stereocenters. The summed E-state index contributed by atoms with van der Waals surface area (Å²) in [6.07, 6.45) is -5.58. The Morgan fingerprint density at radius 2 is 1.74 bits per heavy atom. The second kappa shape index (κ2) is 8.42. The van der Waals surface area contributed by atoms with E-state index in [0.717, 1.165) is 18.2 Å². The van der Waals surface area contributed by atoms with Gasteiger partial charge in [-0.3, -0.25) is 14.4 Å². The SMILES string of the molecule is CCOC(=O)[C@@H]1[C@@H](c2ccc(O)c(OC)c2)C2=C(O[C@@]1(O)C(F)(F)F)C(=O)c1ccccc1C2=O. The Bertz CT molecular complexity index is 1270. The van der Waals surface area contributed by atoms with Crippen molar-refractivity contribution in [3.63, 3.8) is 0 Å². The number of benzene rings is 2. The summed E-state index contributed by atoms with van der Waals surface area (Å²) in [5, 5.41) is 20.8. The monoisotopic (exact) mass is 492 g/mol. The third-order valence-corrected chi connectivity index (χ3v) is 5.94. The lowest BCUT2D eigenvalue weighted by Gasteiger charge is -2.45. The Morgan fingerprint density at radius 3 is 2.31 bits per heavy atom. The van der Waals surface area contributed by atoms with Crippen LogP contribution < -0.4 is 4.74 Å². The van der Waals surface area contributed by atoms with Gasteiger partial charge in [-0.05, 0) is 24.6 Å². The van der Waals surface area contributed by atoms with Crippen LogP contribution in [0.3, 0.4) is 0 Å². The van der Waals surface area contributed by atoms with E-state index in [4.69, 9.17) is 14.2 Å². The normalized spacial score (nSPS) is 23.8. The number of aliphatic hydroxyl groups is 1. The highest BCUT2D eigenvalue weighted by molar-refractivity contribution is 6.27. The molecule has 11 heteroatoms. The molecule has 2 aliphatic rings. The molecule has 0 saturated carbocycles. The van der Waals surface area contributed by atoms with Crippen molar-refractivity contribution in [2.75, 3.05) is 13.7 Å². The molecule has 8 nitrogen and oxygen atoms in total. The molecule has 2 N–H and O–H groups in total. The summed E-state index contributed by atoms with van der Waals surface area (Å²) in [5.41, 5.74) is -0.988. The second-order valence-electron chi connectivity index (χ2n) is 7.88. The number of methoxy groups -OCH3 is 1. The van der Waals surface area contributed by atoms with Crippen molar-refractivity contribution in [1.82, 2.24) is 0 Å². The maximum absolute atomic E-state index is 14.3. The lowest BCUT2D eigenvalue weighted by molar-refractivity contribution is -0.375. The number of aromatic hydroxyl groups is 1. The molecule has 0 radical (unpaired) electrons. The fourth-order valence-corrected chi connectivity index (χ4v) is 4.38. The predicted molar refractivity (Wildman–Crippen MR) is 112 cm³/mol. The molecule has 0 saturated heterocycles. The number of hydrogen-bond donors (Lipinski definition) is 2. The largest absolute Gasteiger partial charge is 0.504 e. The highest BCUT2D eigenvalue weighted by Gasteiger charge is 2.70. The number of alkyl halides is 3. The minimum Gasteiger partial charge on any atom is -0.504 e. The van der Waals surface area contributed by atoms with Gasteiger partial charge in [-0.1, -0.05) is 30.3 Å². The van der Waals surface area contributed by atoms with E-state index < -0.39 is 52.7 Å². The Hall–Kier alpha value is -3.86. The van der Waals surface area contributed by atoms with Crippen LogP contribution in [-0.4, -0.2) is 53.4 Å². The van der Waals surface area contributed by atoms with Gasteiger partial charge in [0.25, 0.3) is 0 Å². The molecule has 3 atom stereocenters. The van der Waals surface area contributed by atoms with Crippen molar-refractivity contribution in [3.05, 3.63) is 70.5 Å². The van der Waals surface area contributed by atoms with Gasteiger partial charge in [0.1, 0.15) is 5.92 Å². The Kier molecular flexibility index (Phi) is 5.84. The summed E-state index contributed by atoms with van der Waals surface area (Å²) in [5.74, 6) is -13.6. The first kappa shape index (κ1) is 24.3. The molecule has 2 aromatic rings. The van der Waals surface area contributed by atoms with Crippen molar-refractivity contribution < 1.29 is 52.0 Å². The number of ether oxygens (including phenoxy) is 3. The summed E-state index contributed by atoms with van der Waals surface area (Å²) in [4.78, 5) is 39.6. The third-order valence-electron chi connectivity index (χ3n) is 5.94. The molecule has 184 valence electrons. The van der Waals surface area contributed by atoms with E-state index in [9.17, 15) is 37.8 Å². The van der Waals surface area contributed by atoms with Gasteiger partial charge in [0, 0.05) is 17.0 Å². The van der Waals surface area contributed by atoms with Gasteiger partial charge in [-0.2, -0.15) is 13.2 Å². The van der Waals surface area contributed by atoms with Crippen molar-refractivity contribution in [1.29, 1.82) is 0 Å². The van der Waals surface area contributed by atoms with Crippen LogP contribution >= 0.6 is 0 Å². The number of rotatable bonds is 4. The fraction of sp³-hybridized carbons (Fsp3) is 0.292. The van der Waals surface area contributed by atoms with Crippen LogP contribution in [0.5, 0.6) is 11.5 Å². The van der Waals surface area contributed by atoms with Crippen molar-refractivity contribution in [2.24, 2.45) is 5.92 Å². The number of Topliss-reactive ketones (excluding diaryl/α,β-unsaturated/α-hetero) is 2. The minimum absolute atomic E-state index is 0.101. The number of carbonyl (C=O) groups excluding carboxylic acids is 3. The third kappa shape index (κ3) is 3.63. The van der Waals surface area contributed by atoms with Crippen molar-refractivity contribution in [3.8, 4) is 11.5 Å². The summed E-state index contributed by atoms with van der Waals surface area (Å²) in [6.45, 7) is 1.01. The van der Waals surface area contributed by atoms with E-state index in [1.807, 2.05) is 0 Å². The lowest BCUT2D eigenvalue weighted by atomic mass is 9.69. The summed E-state index contributed by atoms with van der Waals surface area (Å²) >= 11 is 0. The molecule has 1 aliphatic carbocycles. The standard InChI is InChI=1S/C24H19F3O8/c1-3-34-22(31)18-16(11-8-9-14(28)15(10-11)33-2)17-19(29)12-6-4-5-7-13(12)20(30)21(17)35-23(18,32)24(25,26)27/h4-10,16,18,28,32H,3H2,1-2H3/t16-,18-,23+/m0/s1. The molecule has 2 aromatic carbocycles. The zero-order valence-electron chi connectivity index (χ0n) is 18.4. The Morgan fingerprint density at radius 1 is 1.11 bits per heavy atom. The molecule has 0 amide bonds. The molecule has 0 aromatic heterocycles. The topological polar surface area (TPSA) is 119 Å². The highest BCUT2D eigenvalue weighted by atomic mass is 19.4. The Balaban J connectivity index is 2.07. The number of esters is 1. The maximum atomic E-state index is 14.3. The molecule has 0 bridgehead atoms. The highest BCUT2D eigenvalue weighted by Crippen LogP contribution is 2.54. The molecular formula is C24H19F3O8. The van der Waals surface area contributed by atoms with Gasteiger partial charge < -0.3 is 24.4 Å². The van der Waals surface area contributed by atoms with E-state index in [-0.39, 0.29) is 34.8 Å². The minimum atomic E-state index is -5.58. The molecule has 1 aliphatic heterocycles. The van der Waals surface area contributed by atoms with Crippen molar-refractivity contribution >= 4 is 17.5 Å². The van der Waals surface area contributed by atoms with Gasteiger partial charge in [0.15, 0.2) is 23.0 Å². The van der Waals surface area contributed by atoms with Crippen LogP contribution in [-0.2, 0) is 14.3 Å². The molecule has 0 spiro atoms. The zero-order valence-corrected chi connectivity index (χ0v) is 18.4. The first-order chi connectivity index (χ1) is 16.5. The quantitative estimate of drug-likeness (QED) is 0.625. The summed E-state index contributed by atoms with van der Waals surface area (Å²) in [6, 6.07) is 8.78. The van der Waals surface area contributed by atoms with Crippen LogP contribution in [0.15, 0.2) is 53.8 Å². The van der Waals surface area contributed by atoms with Crippen molar-refractivity contribution in [2.45, 2.75) is 24.8 Å². The Labute approximate surface area is 196 Å². The average molecular weight is 492 g/mol.